The van der Waals surface area contributed by atoms with Gasteiger partial charge in [-0.2, -0.15) is 0 Å². The number of carbonyl (C=O) groups is 2. The number of carbonyl (C=O) groups excluding carboxylic acids is 1. The van der Waals surface area contributed by atoms with Crippen LogP contribution in [0.3, 0.4) is 0 Å². The standard InChI is InChI=1S/C19H27N5O3/c1-14(2)24-13-20-22-17(24)12-23(3)19(27)21-16(9-10-18(25)26)11-15-7-5-4-6-8-15/h4-8,13-14,16H,9-12H2,1-3H3,(H,21,27)(H,25,26). The number of urea groups is 1. The normalized spacial score (nSPS) is 12.0. The maximum atomic E-state index is 12.6. The molecule has 0 aliphatic heterocycles. The molecule has 27 heavy (non-hydrogen) atoms. The van der Waals surface area contributed by atoms with Crippen LogP contribution in [0.5, 0.6) is 0 Å². The third-order valence-electron chi connectivity index (χ3n) is 4.29. The van der Waals surface area contributed by atoms with E-state index >= 15 is 0 Å². The van der Waals surface area contributed by atoms with Crippen LogP contribution in [-0.4, -0.2) is 49.9 Å². The molecular weight excluding hydrogens is 346 g/mol. The molecule has 1 aromatic heterocycles. The Hall–Kier alpha value is -2.90. The quantitative estimate of drug-likeness (QED) is 0.703. The van der Waals surface area contributed by atoms with Gasteiger partial charge in [0.15, 0.2) is 5.82 Å². The number of nitrogens with one attached hydrogen (secondary N) is 1. The molecule has 8 heteroatoms. The third-order valence-corrected chi connectivity index (χ3v) is 4.29. The average molecular weight is 373 g/mol. The highest BCUT2D eigenvalue weighted by Gasteiger charge is 2.19. The summed E-state index contributed by atoms with van der Waals surface area (Å²) in [5, 5.41) is 19.9. The summed E-state index contributed by atoms with van der Waals surface area (Å²) in [4.78, 5) is 25.1. The minimum atomic E-state index is -0.874. The summed E-state index contributed by atoms with van der Waals surface area (Å²) >= 11 is 0. The largest absolute Gasteiger partial charge is 0.481 e. The van der Waals surface area contributed by atoms with Crippen molar-refractivity contribution in [3.63, 3.8) is 0 Å². The smallest absolute Gasteiger partial charge is 0.317 e. The molecule has 2 aromatic rings. The van der Waals surface area contributed by atoms with Crippen molar-refractivity contribution in [2.24, 2.45) is 0 Å². The molecule has 8 nitrogen and oxygen atoms in total. The van der Waals surface area contributed by atoms with Crippen LogP contribution in [-0.2, 0) is 17.8 Å². The molecule has 1 atom stereocenters. The summed E-state index contributed by atoms with van der Waals surface area (Å²) in [6.45, 7) is 4.37. The number of amides is 2. The summed E-state index contributed by atoms with van der Waals surface area (Å²) in [6, 6.07) is 9.39. The Morgan fingerprint density at radius 2 is 1.96 bits per heavy atom. The van der Waals surface area contributed by atoms with Gasteiger partial charge >= 0.3 is 12.0 Å². The van der Waals surface area contributed by atoms with Crippen LogP contribution in [0.1, 0.15) is 44.1 Å². The Bertz CT molecular complexity index is 745. The van der Waals surface area contributed by atoms with Gasteiger partial charge in [0.05, 0.1) is 6.54 Å². The van der Waals surface area contributed by atoms with E-state index in [1.807, 2.05) is 48.7 Å². The molecule has 146 valence electrons. The zero-order valence-corrected chi connectivity index (χ0v) is 16.0. The molecule has 1 unspecified atom stereocenters. The van der Waals surface area contributed by atoms with Crippen molar-refractivity contribution in [1.82, 2.24) is 25.0 Å². The van der Waals surface area contributed by atoms with Crippen molar-refractivity contribution in [3.05, 3.63) is 48.0 Å². The van der Waals surface area contributed by atoms with E-state index in [9.17, 15) is 9.59 Å². The zero-order chi connectivity index (χ0) is 19.8. The molecule has 2 amide bonds. The third kappa shape index (κ3) is 6.40. The summed E-state index contributed by atoms with van der Waals surface area (Å²) in [7, 11) is 1.69. The number of hydrogen-bond donors (Lipinski definition) is 2. The lowest BCUT2D eigenvalue weighted by molar-refractivity contribution is -0.137. The zero-order valence-electron chi connectivity index (χ0n) is 16.0. The van der Waals surface area contributed by atoms with Crippen molar-refractivity contribution >= 4 is 12.0 Å². The van der Waals surface area contributed by atoms with E-state index in [0.717, 1.165) is 5.56 Å². The van der Waals surface area contributed by atoms with Gasteiger partial charge in [0.2, 0.25) is 0 Å². The molecule has 1 aromatic carbocycles. The second-order valence-electron chi connectivity index (χ2n) is 6.87. The Balaban J connectivity index is 2.00. The van der Waals surface area contributed by atoms with E-state index in [2.05, 4.69) is 15.5 Å². The molecule has 2 rings (SSSR count). The highest BCUT2D eigenvalue weighted by Crippen LogP contribution is 2.11. The second kappa shape index (κ2) is 9.70. The van der Waals surface area contributed by atoms with E-state index < -0.39 is 5.97 Å². The number of aromatic nitrogens is 3. The first-order valence-electron chi connectivity index (χ1n) is 9.02. The predicted octanol–water partition coefficient (Wildman–Crippen LogP) is 2.48. The predicted molar refractivity (Wildman–Crippen MR) is 101 cm³/mol. The number of carboxylic acids is 1. The van der Waals surface area contributed by atoms with Gasteiger partial charge in [0.25, 0.3) is 0 Å². The topological polar surface area (TPSA) is 100 Å². The van der Waals surface area contributed by atoms with E-state index in [-0.39, 0.29) is 24.5 Å². The van der Waals surface area contributed by atoms with E-state index in [1.54, 1.807) is 13.4 Å². The van der Waals surface area contributed by atoms with Crippen molar-refractivity contribution in [1.29, 1.82) is 0 Å². The highest BCUT2D eigenvalue weighted by molar-refractivity contribution is 5.74. The molecule has 0 radical (unpaired) electrons. The number of hydrogen-bond acceptors (Lipinski definition) is 4. The minimum absolute atomic E-state index is 0.00314. The van der Waals surface area contributed by atoms with Gasteiger partial charge < -0.3 is 19.9 Å². The van der Waals surface area contributed by atoms with Crippen LogP contribution in [0.4, 0.5) is 4.79 Å². The molecule has 0 saturated carbocycles. The molecule has 0 bridgehead atoms. The van der Waals surface area contributed by atoms with Gasteiger partial charge in [0, 0.05) is 25.6 Å². The number of benzene rings is 1. The molecule has 0 fully saturated rings. The molecule has 0 saturated heterocycles. The first-order valence-corrected chi connectivity index (χ1v) is 9.02. The summed E-state index contributed by atoms with van der Waals surface area (Å²) in [5.41, 5.74) is 1.05. The Morgan fingerprint density at radius 1 is 1.26 bits per heavy atom. The van der Waals surface area contributed by atoms with Crippen molar-refractivity contribution in [2.45, 2.75) is 51.7 Å². The van der Waals surface area contributed by atoms with Gasteiger partial charge in [-0.05, 0) is 32.3 Å². The first-order chi connectivity index (χ1) is 12.9. The monoisotopic (exact) mass is 373 g/mol. The first kappa shape index (κ1) is 20.4. The van der Waals surface area contributed by atoms with Crippen molar-refractivity contribution in [3.8, 4) is 0 Å². The fraction of sp³-hybridized carbons (Fsp3) is 0.474. The van der Waals surface area contributed by atoms with Crippen LogP contribution in [0.2, 0.25) is 0 Å². The average Bonchev–Trinajstić information content (AvgIpc) is 3.08. The van der Waals surface area contributed by atoms with Gasteiger partial charge in [-0.3, -0.25) is 4.79 Å². The van der Waals surface area contributed by atoms with Crippen LogP contribution in [0.15, 0.2) is 36.7 Å². The van der Waals surface area contributed by atoms with E-state index in [0.29, 0.717) is 25.2 Å². The molecule has 0 aliphatic carbocycles. The lowest BCUT2D eigenvalue weighted by Crippen LogP contribution is -2.44. The maximum Gasteiger partial charge on any atom is 0.317 e. The van der Waals surface area contributed by atoms with E-state index in [1.165, 1.54) is 4.90 Å². The van der Waals surface area contributed by atoms with Crippen molar-refractivity contribution in [2.75, 3.05) is 7.05 Å². The Kier molecular flexibility index (Phi) is 7.34. The van der Waals surface area contributed by atoms with Crippen LogP contribution in [0.25, 0.3) is 0 Å². The molecule has 0 spiro atoms. The summed E-state index contributed by atoms with van der Waals surface area (Å²) in [5.74, 6) is -0.173. The van der Waals surface area contributed by atoms with Gasteiger partial charge in [-0.15, -0.1) is 10.2 Å². The fourth-order valence-electron chi connectivity index (χ4n) is 2.80. The number of nitrogens with zero attached hydrogens (tertiary/aromatic N) is 4. The highest BCUT2D eigenvalue weighted by atomic mass is 16.4. The van der Waals surface area contributed by atoms with E-state index in [4.69, 9.17) is 5.11 Å². The molecule has 0 aliphatic rings. The lowest BCUT2D eigenvalue weighted by atomic mass is 10.0. The Morgan fingerprint density at radius 3 is 2.59 bits per heavy atom. The fourth-order valence-corrected chi connectivity index (χ4v) is 2.80. The molecule has 1 heterocycles. The maximum absolute atomic E-state index is 12.6. The molecular formula is C19H27N5O3. The minimum Gasteiger partial charge on any atom is -0.481 e. The van der Waals surface area contributed by atoms with Crippen LogP contribution in [0, 0.1) is 0 Å². The van der Waals surface area contributed by atoms with Gasteiger partial charge in [-0.1, -0.05) is 30.3 Å². The van der Waals surface area contributed by atoms with Crippen molar-refractivity contribution < 1.29 is 14.7 Å². The van der Waals surface area contributed by atoms with Gasteiger partial charge in [-0.25, -0.2) is 4.79 Å². The SMILES string of the molecule is CC(C)n1cnnc1CN(C)C(=O)NC(CCC(=O)O)Cc1ccccc1. The number of rotatable bonds is 9. The van der Waals surface area contributed by atoms with Crippen LogP contribution >= 0.6 is 0 Å². The van der Waals surface area contributed by atoms with Gasteiger partial charge in [0.1, 0.15) is 6.33 Å². The summed E-state index contributed by atoms with van der Waals surface area (Å²) in [6.07, 6.45) is 2.60. The summed E-state index contributed by atoms with van der Waals surface area (Å²) < 4.78 is 1.91. The number of carboxylic acid groups (broad SMARTS) is 1. The van der Waals surface area contributed by atoms with Crippen LogP contribution < -0.4 is 5.32 Å². The lowest BCUT2D eigenvalue weighted by Gasteiger charge is -2.24. The molecule has 2 N–H and O–H groups in total. The Labute approximate surface area is 159 Å². The number of aliphatic carboxylic acids is 1. The second-order valence-corrected chi connectivity index (χ2v) is 6.87.